The van der Waals surface area contributed by atoms with Crippen LogP contribution in [-0.4, -0.2) is 22.4 Å². The summed E-state index contributed by atoms with van der Waals surface area (Å²) in [4.78, 5) is 0. The van der Waals surface area contributed by atoms with E-state index in [4.69, 9.17) is 4.74 Å². The van der Waals surface area contributed by atoms with Crippen LogP contribution >= 0.6 is 0 Å². The predicted molar refractivity (Wildman–Crippen MR) is 68.9 cm³/mol. The molecule has 1 aromatic heterocycles. The lowest BCUT2D eigenvalue weighted by molar-refractivity contribution is 0.0733. The van der Waals surface area contributed by atoms with E-state index < -0.39 is 0 Å². The normalized spacial score (nSPS) is 11.5. The largest absolute Gasteiger partial charge is 0.392 e. The van der Waals surface area contributed by atoms with Crippen LogP contribution in [0.1, 0.15) is 19.4 Å². The van der Waals surface area contributed by atoms with Crippen molar-refractivity contribution in [1.82, 2.24) is 4.57 Å². The summed E-state index contributed by atoms with van der Waals surface area (Å²) in [5.74, 6) is 0. The molecule has 92 valence electrons. The number of ether oxygens (including phenoxy) is 1. The van der Waals surface area contributed by atoms with Gasteiger partial charge in [0.1, 0.15) is 0 Å². The second-order valence-electron chi connectivity index (χ2n) is 4.44. The Morgan fingerprint density at radius 2 is 2.06 bits per heavy atom. The highest BCUT2D eigenvalue weighted by molar-refractivity contribution is 5.83. The Kier molecular flexibility index (Phi) is 3.82. The molecule has 2 rings (SSSR count). The molecule has 0 spiro atoms. The molecule has 1 N–H and O–H groups in total. The lowest BCUT2D eigenvalue weighted by Gasteiger charge is -2.09. The number of hydrogen-bond acceptors (Lipinski definition) is 2. The number of aliphatic hydroxyl groups is 1. The van der Waals surface area contributed by atoms with Gasteiger partial charge in [-0.05, 0) is 19.9 Å². The fourth-order valence-corrected chi connectivity index (χ4v) is 2.02. The van der Waals surface area contributed by atoms with Crippen molar-refractivity contribution in [2.45, 2.75) is 33.1 Å². The molecule has 0 unspecified atom stereocenters. The van der Waals surface area contributed by atoms with Crippen LogP contribution in [0, 0.1) is 0 Å². The van der Waals surface area contributed by atoms with Gasteiger partial charge in [-0.25, -0.2) is 0 Å². The van der Waals surface area contributed by atoms with E-state index in [0.717, 1.165) is 23.0 Å². The van der Waals surface area contributed by atoms with E-state index in [9.17, 15) is 5.11 Å². The molecule has 1 heterocycles. The zero-order chi connectivity index (χ0) is 12.3. The molecule has 0 saturated carbocycles. The molecular formula is C14H19NO2. The van der Waals surface area contributed by atoms with Crippen molar-refractivity contribution in [2.75, 3.05) is 6.61 Å². The van der Waals surface area contributed by atoms with Gasteiger partial charge in [-0.1, -0.05) is 18.2 Å². The third-order valence-corrected chi connectivity index (χ3v) is 2.82. The highest BCUT2D eigenvalue weighted by Crippen LogP contribution is 2.21. The number of rotatable bonds is 5. The quantitative estimate of drug-likeness (QED) is 0.861. The molecule has 17 heavy (non-hydrogen) atoms. The Bertz CT molecular complexity index is 488. The highest BCUT2D eigenvalue weighted by Gasteiger charge is 2.06. The molecule has 0 fully saturated rings. The molecule has 2 aromatic rings. The van der Waals surface area contributed by atoms with Crippen LogP contribution in [-0.2, 0) is 17.9 Å². The summed E-state index contributed by atoms with van der Waals surface area (Å²) >= 11 is 0. The molecule has 3 heteroatoms. The molecule has 0 radical (unpaired) electrons. The standard InChI is InChI=1S/C14H19NO2/c1-11(2)17-8-7-15-9-12(10-16)13-5-3-4-6-14(13)15/h3-6,9,11,16H,7-8,10H2,1-2H3. The number of aliphatic hydroxyl groups excluding tert-OH is 1. The van der Waals surface area contributed by atoms with Crippen molar-refractivity contribution in [3.8, 4) is 0 Å². The molecule has 0 aliphatic heterocycles. The minimum Gasteiger partial charge on any atom is -0.392 e. The molecular weight excluding hydrogens is 214 g/mol. The van der Waals surface area contributed by atoms with E-state index in [-0.39, 0.29) is 12.7 Å². The van der Waals surface area contributed by atoms with Crippen LogP contribution < -0.4 is 0 Å². The summed E-state index contributed by atoms with van der Waals surface area (Å²) in [7, 11) is 0. The van der Waals surface area contributed by atoms with E-state index in [0.29, 0.717) is 6.61 Å². The summed E-state index contributed by atoms with van der Waals surface area (Å²) in [6.45, 7) is 5.66. The molecule has 0 amide bonds. The van der Waals surface area contributed by atoms with Gasteiger partial charge in [-0.2, -0.15) is 0 Å². The van der Waals surface area contributed by atoms with Gasteiger partial charge in [-0.3, -0.25) is 0 Å². The van der Waals surface area contributed by atoms with Crippen molar-refractivity contribution >= 4 is 10.9 Å². The predicted octanol–water partition coefficient (Wildman–Crippen LogP) is 2.56. The first-order chi connectivity index (χ1) is 8.22. The van der Waals surface area contributed by atoms with Gasteiger partial charge in [0.2, 0.25) is 0 Å². The maximum absolute atomic E-state index is 9.32. The number of aromatic nitrogens is 1. The van der Waals surface area contributed by atoms with Crippen molar-refractivity contribution in [3.63, 3.8) is 0 Å². The zero-order valence-corrected chi connectivity index (χ0v) is 10.4. The van der Waals surface area contributed by atoms with Gasteiger partial charge in [0.25, 0.3) is 0 Å². The molecule has 0 aliphatic carbocycles. The smallest absolute Gasteiger partial charge is 0.0702 e. The SMILES string of the molecule is CC(C)OCCn1cc(CO)c2ccccc21. The van der Waals surface area contributed by atoms with Crippen LogP contribution in [0.4, 0.5) is 0 Å². The van der Waals surface area contributed by atoms with Gasteiger partial charge in [0.15, 0.2) is 0 Å². The first-order valence-corrected chi connectivity index (χ1v) is 6.01. The summed E-state index contributed by atoms with van der Waals surface area (Å²) in [6.07, 6.45) is 2.27. The first-order valence-electron chi connectivity index (χ1n) is 6.01. The Labute approximate surface area is 102 Å². The first kappa shape index (κ1) is 12.1. The summed E-state index contributed by atoms with van der Waals surface area (Å²) in [6, 6.07) is 8.13. The van der Waals surface area contributed by atoms with Gasteiger partial charge < -0.3 is 14.4 Å². The summed E-state index contributed by atoms with van der Waals surface area (Å²) in [5.41, 5.74) is 2.13. The number of benzene rings is 1. The average Bonchev–Trinajstić information content (AvgIpc) is 2.68. The second-order valence-corrected chi connectivity index (χ2v) is 4.44. The van der Waals surface area contributed by atoms with Gasteiger partial charge >= 0.3 is 0 Å². The van der Waals surface area contributed by atoms with Crippen molar-refractivity contribution < 1.29 is 9.84 Å². The fraction of sp³-hybridized carbons (Fsp3) is 0.429. The van der Waals surface area contributed by atoms with Crippen LogP contribution in [0.15, 0.2) is 30.5 Å². The molecule has 0 atom stereocenters. The van der Waals surface area contributed by atoms with Crippen molar-refractivity contribution in [2.24, 2.45) is 0 Å². The molecule has 0 saturated heterocycles. The number of para-hydroxylation sites is 1. The molecule has 3 nitrogen and oxygen atoms in total. The Morgan fingerprint density at radius 3 is 2.76 bits per heavy atom. The number of fused-ring (bicyclic) bond motifs is 1. The van der Waals surface area contributed by atoms with Crippen LogP contribution in [0.3, 0.4) is 0 Å². The maximum Gasteiger partial charge on any atom is 0.0702 e. The van der Waals surface area contributed by atoms with Gasteiger partial charge in [0.05, 0.1) is 19.3 Å². The molecule has 0 bridgehead atoms. The van der Waals surface area contributed by atoms with E-state index in [1.807, 2.05) is 38.2 Å². The van der Waals surface area contributed by atoms with Gasteiger partial charge in [0, 0.05) is 29.2 Å². The van der Waals surface area contributed by atoms with Crippen LogP contribution in [0.2, 0.25) is 0 Å². The Balaban J connectivity index is 2.22. The van der Waals surface area contributed by atoms with E-state index >= 15 is 0 Å². The molecule has 0 aliphatic rings. The van der Waals surface area contributed by atoms with Crippen molar-refractivity contribution in [3.05, 3.63) is 36.0 Å². The average molecular weight is 233 g/mol. The van der Waals surface area contributed by atoms with E-state index in [1.54, 1.807) is 0 Å². The summed E-state index contributed by atoms with van der Waals surface area (Å²) < 4.78 is 7.70. The minimum absolute atomic E-state index is 0.0819. The zero-order valence-electron chi connectivity index (χ0n) is 10.4. The second kappa shape index (κ2) is 5.34. The number of hydrogen-bond donors (Lipinski definition) is 1. The third kappa shape index (κ3) is 2.68. The monoisotopic (exact) mass is 233 g/mol. The Morgan fingerprint density at radius 1 is 1.29 bits per heavy atom. The van der Waals surface area contributed by atoms with Crippen LogP contribution in [0.25, 0.3) is 10.9 Å². The molecule has 1 aromatic carbocycles. The lowest BCUT2D eigenvalue weighted by Crippen LogP contribution is -2.09. The highest BCUT2D eigenvalue weighted by atomic mass is 16.5. The van der Waals surface area contributed by atoms with E-state index in [1.165, 1.54) is 0 Å². The van der Waals surface area contributed by atoms with Crippen molar-refractivity contribution in [1.29, 1.82) is 0 Å². The third-order valence-electron chi connectivity index (χ3n) is 2.82. The summed E-state index contributed by atoms with van der Waals surface area (Å²) in [5, 5.41) is 10.4. The van der Waals surface area contributed by atoms with Crippen LogP contribution in [0.5, 0.6) is 0 Å². The fourth-order valence-electron chi connectivity index (χ4n) is 2.02. The van der Waals surface area contributed by atoms with Gasteiger partial charge in [-0.15, -0.1) is 0 Å². The maximum atomic E-state index is 9.32. The lowest BCUT2D eigenvalue weighted by atomic mass is 10.2. The Hall–Kier alpha value is -1.32. The topological polar surface area (TPSA) is 34.4 Å². The minimum atomic E-state index is 0.0819. The van der Waals surface area contributed by atoms with E-state index in [2.05, 4.69) is 10.6 Å². The number of nitrogens with zero attached hydrogens (tertiary/aromatic N) is 1.